The van der Waals surface area contributed by atoms with Gasteiger partial charge in [-0.3, -0.25) is 61.9 Å². The van der Waals surface area contributed by atoms with Crippen LogP contribution in [-0.4, -0.2) is 362 Å². The Morgan fingerprint density at radius 3 is 1.21 bits per heavy atom. The summed E-state index contributed by atoms with van der Waals surface area (Å²) in [4.78, 5) is 109. The zero-order valence-corrected chi connectivity index (χ0v) is 89.6. The number of methoxy groups -OCH3 is 4. The summed E-state index contributed by atoms with van der Waals surface area (Å²) in [6, 6.07) is -2.26. The first-order valence-corrected chi connectivity index (χ1v) is 52.6. The van der Waals surface area contributed by atoms with Crippen molar-refractivity contribution in [1.82, 2.24) is 42.9 Å². The van der Waals surface area contributed by atoms with Crippen molar-refractivity contribution in [2.75, 3.05) is 193 Å². The average Bonchev–Trinajstić information content (AvgIpc) is 0.738. The van der Waals surface area contributed by atoms with Crippen LogP contribution >= 0.6 is 37.5 Å². The number of nitrogens with one attached hydrogen (secondary N) is 4. The monoisotopic (exact) mass is 2090 g/mol. The van der Waals surface area contributed by atoms with E-state index in [-0.39, 0.29) is 166 Å². The van der Waals surface area contributed by atoms with Gasteiger partial charge in [0, 0.05) is 122 Å². The number of aromatic amines is 4. The molecule has 48 nitrogen and oxygen atoms in total. The van der Waals surface area contributed by atoms with Crippen molar-refractivity contribution < 1.29 is 197 Å². The van der Waals surface area contributed by atoms with Crippen LogP contribution < -0.4 is 101 Å². The van der Waals surface area contributed by atoms with Crippen molar-refractivity contribution in [2.45, 2.75) is 200 Å². The Kier molecular flexibility index (Phi) is 60.9. The largest absolute Gasteiger partial charge is 1.00 e. The van der Waals surface area contributed by atoms with Gasteiger partial charge in [0.2, 0.25) is 7.98 Å². The third-order valence-corrected chi connectivity index (χ3v) is 32.0. The average molecular weight is 2090 g/mol. The van der Waals surface area contributed by atoms with Gasteiger partial charge in [-0.2, -0.15) is 0 Å². The zero-order valence-electron chi connectivity index (χ0n) is 84.0. The Morgan fingerprint density at radius 2 is 0.876 bits per heavy atom. The Morgan fingerprint density at radius 1 is 0.547 bits per heavy atom. The van der Waals surface area contributed by atoms with Gasteiger partial charge >= 0.3 is 81.7 Å². The van der Waals surface area contributed by atoms with Crippen molar-refractivity contribution in [3.05, 3.63) is 166 Å². The molecular weight excluding hydrogens is 1940 g/mol. The number of aromatic nitrogens is 8. The van der Waals surface area contributed by atoms with E-state index < -0.39 is 199 Å². The van der Waals surface area contributed by atoms with Crippen molar-refractivity contribution in [3.8, 4) is 0 Å². The summed E-state index contributed by atoms with van der Waals surface area (Å²) in [7, 11) is -5.34. The molecule has 4 aliphatic rings. The number of ether oxygens (including phenoxy) is 12. The van der Waals surface area contributed by atoms with Crippen LogP contribution in [0.25, 0.3) is 4.85 Å². The second kappa shape index (κ2) is 65.9. The molecule has 8 rings (SSSR count). The van der Waals surface area contributed by atoms with Crippen molar-refractivity contribution in [1.29, 1.82) is 1.43 Å². The SMILES string of the molecule is CC(C)(C)[O-].COCCO[C@@H]1[C@H](C)C(/C=C/P(=O)(CO)CO)OC[C@H]1n1cc(C)c(=O)[nH]c1=O.COCCO[C@@H]1[C@H](C)C(CO)OC[C@H]1n1cc(C)c(=O)[nH]c1=O.COP(=O)(CP(=O)(CO)CO)OC.[2H]CC1OC[C@@H](n2cc(C)c(=O)[nH]c2=O)[C@H](OCCOC)[C@@H]1O.[3H]OC.[C-]#[N+]CCOP(O[C@@H]1C(/C=C/P(=O)(CO)CO)OC[C@@H](n2cc(C)c(=O)[nH]c2=O)[C@@H]1OCCOC)N(C(C)C)C(C)C.[K+]. The first kappa shape index (κ1) is 127. The maximum absolute atomic E-state index is 12.9. The molecule has 54 heteroatoms. The number of aliphatic hydroxyl groups excluding tert-OH is 9. The van der Waals surface area contributed by atoms with Crippen LogP contribution in [0.5, 0.6) is 0 Å². The molecule has 4 aromatic heterocycles. The van der Waals surface area contributed by atoms with Crippen LogP contribution in [0.3, 0.4) is 0 Å². The molecule has 137 heavy (non-hydrogen) atoms. The van der Waals surface area contributed by atoms with Crippen LogP contribution in [-0.2, 0) is 93.2 Å². The predicted molar refractivity (Wildman–Crippen MR) is 502 cm³/mol. The van der Waals surface area contributed by atoms with Crippen molar-refractivity contribution >= 4 is 37.5 Å². The van der Waals surface area contributed by atoms with Crippen LogP contribution in [0.1, 0.15) is 117 Å². The fraction of sp³-hybridized carbons (Fsp3) is 0.747. The van der Waals surface area contributed by atoms with Gasteiger partial charge in [-0.1, -0.05) is 40.7 Å². The molecule has 4 saturated heterocycles. The standard InChI is InChI=1S/C26H44N4O10P2.C18H29N2O8P.C15H24N2O6.C14H22N2O6.C5H14O6P2.C4H9O.CH4O.K/c1-18(2)30(19(3)4)41(39-10-9-27-6)40-24-22(8-13-42(35,16-31)17-32)38-15-21(23(24)37-12-11-36-7)29-14-20(5)25(33)28-26(29)34;1-12-8-20(18(24)19-17(12)23)14-9-28-15(4-7-29(25,10-21)11-22)13(2)16(14)27-6-5-26-3;1-9-6-17(15(20)16-14(9)19)11-8-23-12(7-18)10(2)13(11)22-5-4-21-3;1-8-6-16(14(19)15-13(8)18)10-7-22-9(2)11(17)12(10)21-5-4-20-3;1-10-13(9,11-2)5-12(8,3-6)4-7;1-4(2,3)5;1-2;/h8,13-14,18-19,21-24,31-32H,9-12,15-17H2,1-5,7H3,(H,28,33,34);4,7-8,13-16,21-22H,5-6,9-11H2,1-3H3,(H,19,23,24);6,10-13,18H,4-5,7-8H2,1-3H3,(H,16,19,20);6,9-12,17H,4-5,7H2,1-3H3,(H,15,18,19);6-7H,3-5H2,1-2H3;1-3H3;2H,1H3;/q;;;;;-1;;+1/b13-8+;7-4+;;;;;;/t21-,22?,23+,24-,41?;13-,14-,15?,16-;10-,11-,12?,13-;9?,10-,11-,12+;;;;/m1111..../s1/i;;;2D;;;2T;. The molecule has 0 aromatic carbocycles. The topological polar surface area (TPSA) is 648 Å². The van der Waals surface area contributed by atoms with Crippen LogP contribution in [0.15, 0.2) is 86.9 Å². The van der Waals surface area contributed by atoms with E-state index >= 15 is 0 Å². The minimum absolute atomic E-state index is 0. The summed E-state index contributed by atoms with van der Waals surface area (Å²) in [5.74, 6) is 1.72. The van der Waals surface area contributed by atoms with Crippen LogP contribution in [0, 0.1) is 46.1 Å². The van der Waals surface area contributed by atoms with Gasteiger partial charge in [-0.15, -0.1) is 5.60 Å². The Balaban J connectivity index is 0.000000882. The molecule has 0 saturated carbocycles. The smallest absolute Gasteiger partial charge is 0.850 e. The summed E-state index contributed by atoms with van der Waals surface area (Å²) in [5, 5.41) is 88.4. The summed E-state index contributed by atoms with van der Waals surface area (Å²) in [6.45, 7) is 33.0. The van der Waals surface area contributed by atoms with Gasteiger partial charge in [-0.25, -0.2) is 30.4 Å². The van der Waals surface area contributed by atoms with E-state index in [1.54, 1.807) is 68.8 Å². The predicted octanol–water partition coefficient (Wildman–Crippen LogP) is -1.42. The summed E-state index contributed by atoms with van der Waals surface area (Å²) < 4.78 is 158. The molecule has 5 unspecified atom stereocenters. The number of rotatable bonds is 43. The summed E-state index contributed by atoms with van der Waals surface area (Å²) in [5.41, 5.74) is -3.34. The maximum Gasteiger partial charge on any atom is 1.00 e. The molecule has 13 N–H and O–H groups in total. The Bertz CT molecular complexity index is 4870. The fourth-order valence-corrected chi connectivity index (χ4v) is 21.2. The third kappa shape index (κ3) is 42.3. The summed E-state index contributed by atoms with van der Waals surface area (Å²) >= 11 is 0. The van der Waals surface area contributed by atoms with Gasteiger partial charge in [0.25, 0.3) is 30.8 Å². The van der Waals surface area contributed by atoms with E-state index in [9.17, 15) is 92.4 Å². The van der Waals surface area contributed by atoms with Gasteiger partial charge in [0.05, 0.1) is 153 Å². The molecule has 4 fully saturated rings. The second-order valence-corrected chi connectivity index (χ2v) is 45.8. The molecule has 4 aromatic rings. The molecule has 17 atom stereocenters. The molecule has 0 spiro atoms. The van der Waals surface area contributed by atoms with Gasteiger partial charge in [0.1, 0.15) is 75.6 Å². The first-order chi connectivity index (χ1) is 65.0. The Hall–Kier alpha value is -4.40. The van der Waals surface area contributed by atoms with E-state index in [2.05, 4.69) is 38.9 Å². The molecule has 0 radical (unpaired) electrons. The van der Waals surface area contributed by atoms with E-state index in [0.717, 1.165) is 14.2 Å². The molecule has 4 aliphatic heterocycles. The van der Waals surface area contributed by atoms with E-state index in [4.69, 9.17) is 85.5 Å². The number of H-pyrrole nitrogens is 4. The van der Waals surface area contributed by atoms with Crippen LogP contribution in [0.4, 0.5) is 0 Å². The van der Waals surface area contributed by atoms with Gasteiger partial charge in [-0.05, 0) is 80.0 Å². The van der Waals surface area contributed by atoms with Gasteiger partial charge in [0.15, 0.2) is 14.3 Å². The molecule has 0 amide bonds. The second-order valence-electron chi connectivity index (χ2n) is 33.0. The molecular formula is C83H146KN10O38P5. The van der Waals surface area contributed by atoms with E-state index in [0.29, 0.717) is 55.3 Å². The van der Waals surface area contributed by atoms with Crippen molar-refractivity contribution in [3.63, 3.8) is 0 Å². The fourth-order valence-electron chi connectivity index (χ4n) is 13.5. The van der Waals surface area contributed by atoms with E-state index in [1.807, 2.05) is 46.2 Å². The summed E-state index contributed by atoms with van der Waals surface area (Å²) in [6.07, 6.45) is -2.09. The number of nitrogens with zero attached hydrogens (tertiary/aromatic N) is 6. The van der Waals surface area contributed by atoms with Gasteiger partial charge < -0.3 is 145 Å². The normalized spacial score (nSPS) is 23.5. The first-order valence-electron chi connectivity index (χ1n) is 44.3. The quantitative estimate of drug-likeness (QED) is 0.0105. The van der Waals surface area contributed by atoms with E-state index in [1.165, 1.54) is 82.1 Å². The number of hydrogen-bond acceptors (Lipinski definition) is 39. The zero-order chi connectivity index (χ0) is 105. The van der Waals surface area contributed by atoms with Crippen LogP contribution in [0.2, 0.25) is 0 Å². The minimum Gasteiger partial charge on any atom is -0.850 e. The number of aliphatic hydroxyl groups is 9. The van der Waals surface area contributed by atoms with Crippen molar-refractivity contribution in [2.24, 2.45) is 11.8 Å². The minimum atomic E-state index is -3.45. The molecule has 8 heterocycles. The molecule has 782 valence electrons. The number of aryl methyl sites for hydroxylation is 4. The molecule has 0 bridgehead atoms. The number of hydrogen-bond donors (Lipinski definition) is 13. The third-order valence-electron chi connectivity index (χ3n) is 20.9. The molecule has 0 aliphatic carbocycles. The Labute approximate surface area is 843 Å². The maximum atomic E-state index is 12.9.